The van der Waals surface area contributed by atoms with Gasteiger partial charge in [-0.2, -0.15) is 0 Å². The summed E-state index contributed by atoms with van der Waals surface area (Å²) in [4.78, 5) is 23.1. The van der Waals surface area contributed by atoms with Gasteiger partial charge < -0.3 is 9.53 Å². The molecular formula is C15H19FO3. The highest BCUT2D eigenvalue weighted by molar-refractivity contribution is 5.87. The monoisotopic (exact) mass is 266 g/mol. The maximum atomic E-state index is 12.7. The summed E-state index contributed by atoms with van der Waals surface area (Å²) in [6, 6.07) is 6.09. The quantitative estimate of drug-likeness (QED) is 0.726. The molecule has 0 amide bonds. The van der Waals surface area contributed by atoms with E-state index in [0.717, 1.165) is 5.56 Å². The minimum absolute atomic E-state index is 0.0152. The summed E-state index contributed by atoms with van der Waals surface area (Å²) in [6.07, 6.45) is 1.11. The van der Waals surface area contributed by atoms with Crippen LogP contribution in [0.15, 0.2) is 24.3 Å². The molecule has 0 aromatic heterocycles. The lowest BCUT2D eigenvalue weighted by Gasteiger charge is -2.13. The molecule has 104 valence electrons. The predicted octanol–water partition coefficient (Wildman–Crippen LogP) is 2.57. The molecule has 0 N–H and O–H groups in total. The van der Waals surface area contributed by atoms with Crippen molar-refractivity contribution < 1.29 is 18.7 Å². The third-order valence-electron chi connectivity index (χ3n) is 2.93. The number of hydrogen-bond donors (Lipinski definition) is 0. The van der Waals surface area contributed by atoms with E-state index in [1.54, 1.807) is 12.1 Å². The zero-order chi connectivity index (χ0) is 14.3. The zero-order valence-corrected chi connectivity index (χ0v) is 11.3. The first-order valence-electron chi connectivity index (χ1n) is 6.28. The van der Waals surface area contributed by atoms with Crippen molar-refractivity contribution in [3.05, 3.63) is 35.6 Å². The van der Waals surface area contributed by atoms with Crippen LogP contribution < -0.4 is 0 Å². The van der Waals surface area contributed by atoms with Crippen LogP contribution in [-0.4, -0.2) is 25.3 Å². The van der Waals surface area contributed by atoms with Gasteiger partial charge in [-0.1, -0.05) is 12.1 Å². The molecule has 0 bridgehead atoms. The number of halogens is 1. The molecule has 4 heteroatoms. The number of Topliss-reactive ketones (excluding diaryl/α,β-unsaturated/α-hetero) is 2. The fourth-order valence-electron chi connectivity index (χ4n) is 1.94. The van der Waals surface area contributed by atoms with Gasteiger partial charge in [0.2, 0.25) is 0 Å². The Morgan fingerprint density at radius 2 is 1.89 bits per heavy atom. The van der Waals surface area contributed by atoms with E-state index in [0.29, 0.717) is 12.8 Å². The lowest BCUT2D eigenvalue weighted by atomic mass is 9.94. The van der Waals surface area contributed by atoms with E-state index >= 15 is 0 Å². The fraction of sp³-hybridized carbons (Fsp3) is 0.467. The number of hydrogen-bond acceptors (Lipinski definition) is 3. The molecule has 0 heterocycles. The summed E-state index contributed by atoms with van der Waals surface area (Å²) in [5, 5.41) is 0. The summed E-state index contributed by atoms with van der Waals surface area (Å²) in [5.41, 5.74) is 0.911. The number of benzene rings is 1. The van der Waals surface area contributed by atoms with E-state index < -0.39 is 0 Å². The van der Waals surface area contributed by atoms with E-state index in [-0.39, 0.29) is 36.3 Å². The van der Waals surface area contributed by atoms with E-state index in [4.69, 9.17) is 4.74 Å². The zero-order valence-electron chi connectivity index (χ0n) is 11.3. The number of aryl methyl sites for hydroxylation is 1. The highest BCUT2D eigenvalue weighted by Crippen LogP contribution is 2.12. The van der Waals surface area contributed by atoms with Gasteiger partial charge in [0, 0.05) is 25.9 Å². The van der Waals surface area contributed by atoms with Crippen LogP contribution in [0.2, 0.25) is 0 Å². The lowest BCUT2D eigenvalue weighted by Crippen LogP contribution is -2.22. The molecule has 1 unspecified atom stereocenters. The summed E-state index contributed by atoms with van der Waals surface area (Å²) >= 11 is 0. The van der Waals surface area contributed by atoms with Crippen molar-refractivity contribution in [3.8, 4) is 0 Å². The number of rotatable bonds is 8. The minimum atomic E-state index is -0.372. The van der Waals surface area contributed by atoms with Gasteiger partial charge >= 0.3 is 0 Å². The maximum Gasteiger partial charge on any atom is 0.139 e. The first kappa shape index (κ1) is 15.5. The molecule has 3 nitrogen and oxygen atoms in total. The molecule has 0 radical (unpaired) electrons. The van der Waals surface area contributed by atoms with Crippen LogP contribution in [0.5, 0.6) is 0 Å². The van der Waals surface area contributed by atoms with Crippen LogP contribution in [0.3, 0.4) is 0 Å². The first-order valence-corrected chi connectivity index (χ1v) is 6.28. The molecule has 0 saturated carbocycles. The Morgan fingerprint density at radius 1 is 1.26 bits per heavy atom. The van der Waals surface area contributed by atoms with Crippen molar-refractivity contribution in [1.82, 2.24) is 0 Å². The van der Waals surface area contributed by atoms with Gasteiger partial charge in [-0.3, -0.25) is 4.79 Å². The second-order valence-corrected chi connectivity index (χ2v) is 4.65. The first-order chi connectivity index (χ1) is 9.02. The summed E-state index contributed by atoms with van der Waals surface area (Å²) in [6.45, 7) is 1.73. The third kappa shape index (κ3) is 5.75. The van der Waals surface area contributed by atoms with Crippen LogP contribution in [0.4, 0.5) is 4.39 Å². The molecule has 1 aromatic rings. The van der Waals surface area contributed by atoms with Gasteiger partial charge in [0.25, 0.3) is 0 Å². The highest BCUT2D eigenvalue weighted by atomic mass is 19.1. The molecule has 0 aliphatic carbocycles. The molecule has 0 fully saturated rings. The Morgan fingerprint density at radius 3 is 2.42 bits per heavy atom. The standard InChI is InChI=1S/C15H19FO3/c1-11(17)9-13(10-19-2)15(18)8-5-12-3-6-14(16)7-4-12/h3-4,6-7,13H,5,8-10H2,1-2H3. The van der Waals surface area contributed by atoms with Crippen LogP contribution in [0.1, 0.15) is 25.3 Å². The van der Waals surface area contributed by atoms with Crippen molar-refractivity contribution in [3.63, 3.8) is 0 Å². The summed E-state index contributed by atoms with van der Waals surface area (Å²) in [5.74, 6) is -0.662. The van der Waals surface area contributed by atoms with Gasteiger partial charge in [0.15, 0.2) is 0 Å². The largest absolute Gasteiger partial charge is 0.384 e. The molecule has 1 aromatic carbocycles. The molecule has 0 aliphatic rings. The van der Waals surface area contributed by atoms with E-state index in [1.165, 1.54) is 26.2 Å². The topological polar surface area (TPSA) is 43.4 Å². The van der Waals surface area contributed by atoms with Crippen molar-refractivity contribution in [2.45, 2.75) is 26.2 Å². The Bertz CT molecular complexity index is 426. The van der Waals surface area contributed by atoms with Crippen molar-refractivity contribution in [2.24, 2.45) is 5.92 Å². The number of carbonyl (C=O) groups excluding carboxylic acids is 2. The molecule has 0 aliphatic heterocycles. The van der Waals surface area contributed by atoms with Crippen molar-refractivity contribution >= 4 is 11.6 Å². The molecule has 1 atom stereocenters. The molecule has 1 rings (SSSR count). The van der Waals surface area contributed by atoms with Crippen LogP contribution >= 0.6 is 0 Å². The van der Waals surface area contributed by atoms with Gasteiger partial charge in [0.1, 0.15) is 17.4 Å². The molecular weight excluding hydrogens is 247 g/mol. The average Bonchev–Trinajstić information content (AvgIpc) is 2.37. The van der Waals surface area contributed by atoms with E-state index in [1.807, 2.05) is 0 Å². The molecule has 0 spiro atoms. The predicted molar refractivity (Wildman–Crippen MR) is 70.4 cm³/mol. The Kier molecular flexibility index (Phi) is 6.36. The Balaban J connectivity index is 2.51. The smallest absolute Gasteiger partial charge is 0.139 e. The van der Waals surface area contributed by atoms with E-state index in [9.17, 15) is 14.0 Å². The number of ketones is 2. The van der Waals surface area contributed by atoms with E-state index in [2.05, 4.69) is 0 Å². The average molecular weight is 266 g/mol. The molecule has 0 saturated heterocycles. The normalized spacial score (nSPS) is 12.2. The minimum Gasteiger partial charge on any atom is -0.384 e. The summed E-state index contributed by atoms with van der Waals surface area (Å²) in [7, 11) is 1.51. The van der Waals surface area contributed by atoms with Gasteiger partial charge in [-0.15, -0.1) is 0 Å². The van der Waals surface area contributed by atoms with Crippen molar-refractivity contribution in [2.75, 3.05) is 13.7 Å². The van der Waals surface area contributed by atoms with Gasteiger partial charge in [0.05, 0.1) is 6.61 Å². The Labute approximate surface area is 112 Å². The third-order valence-corrected chi connectivity index (χ3v) is 2.93. The molecule has 19 heavy (non-hydrogen) atoms. The van der Waals surface area contributed by atoms with Crippen molar-refractivity contribution in [1.29, 1.82) is 0 Å². The Hall–Kier alpha value is -1.55. The second-order valence-electron chi connectivity index (χ2n) is 4.65. The van der Waals surface area contributed by atoms with Gasteiger partial charge in [-0.05, 0) is 31.0 Å². The van der Waals surface area contributed by atoms with Crippen LogP contribution in [-0.2, 0) is 20.7 Å². The fourth-order valence-corrected chi connectivity index (χ4v) is 1.94. The number of ether oxygens (including phenoxy) is 1. The maximum absolute atomic E-state index is 12.7. The van der Waals surface area contributed by atoms with Gasteiger partial charge in [-0.25, -0.2) is 4.39 Å². The van der Waals surface area contributed by atoms with Crippen LogP contribution in [0.25, 0.3) is 0 Å². The number of carbonyl (C=O) groups is 2. The van der Waals surface area contributed by atoms with Crippen LogP contribution in [0, 0.1) is 11.7 Å². The number of methoxy groups -OCH3 is 1. The lowest BCUT2D eigenvalue weighted by molar-refractivity contribution is -0.128. The SMILES string of the molecule is COCC(CC(C)=O)C(=O)CCc1ccc(F)cc1. The second kappa shape index (κ2) is 7.79. The highest BCUT2D eigenvalue weighted by Gasteiger charge is 2.19. The summed E-state index contributed by atoms with van der Waals surface area (Å²) < 4.78 is 17.7.